The largest absolute Gasteiger partial charge is 0.319 e. The monoisotopic (exact) mass is 226 g/mol. The number of rotatable bonds is 3. The summed E-state index contributed by atoms with van der Waals surface area (Å²) in [4.78, 5) is 0. The third kappa shape index (κ3) is 1.97. The summed E-state index contributed by atoms with van der Waals surface area (Å²) in [6.45, 7) is 6.59. The van der Waals surface area contributed by atoms with Crippen molar-refractivity contribution >= 4 is 11.8 Å². The van der Waals surface area contributed by atoms with Crippen LogP contribution in [0.1, 0.15) is 45.4 Å². The summed E-state index contributed by atoms with van der Waals surface area (Å²) in [5.41, 5.74) is 3.43. The van der Waals surface area contributed by atoms with Gasteiger partial charge in [-0.15, -0.1) is 10.2 Å². The van der Waals surface area contributed by atoms with Gasteiger partial charge in [-0.3, -0.25) is 0 Å². The van der Waals surface area contributed by atoms with Gasteiger partial charge in [0.1, 0.15) is 0 Å². The third-order valence-electron chi connectivity index (χ3n) is 2.82. The highest BCUT2D eigenvalue weighted by Gasteiger charge is 2.23. The number of hydrogen-bond donors (Lipinski definition) is 1. The van der Waals surface area contributed by atoms with Crippen LogP contribution in [0.3, 0.4) is 0 Å². The van der Waals surface area contributed by atoms with E-state index in [2.05, 4.69) is 41.1 Å². The molecule has 4 nitrogen and oxygen atoms in total. The van der Waals surface area contributed by atoms with Gasteiger partial charge in [-0.25, -0.2) is 4.68 Å². The second-order valence-corrected chi connectivity index (χ2v) is 5.02. The Morgan fingerprint density at radius 3 is 2.87 bits per heavy atom. The molecule has 1 N–H and O–H groups in total. The van der Waals surface area contributed by atoms with Gasteiger partial charge in [0, 0.05) is 17.7 Å². The quantitative estimate of drug-likeness (QED) is 0.858. The zero-order chi connectivity index (χ0) is 10.8. The van der Waals surface area contributed by atoms with Crippen LogP contribution in [0.25, 0.3) is 0 Å². The standard InChI is InChI=1S/C10H18N4S/c1-4-8(5-2)9-11-12-10-14(9)13-7(3)6-15-10/h7-8,13H,4-6H2,1-3H3. The third-order valence-corrected chi connectivity index (χ3v) is 4.01. The lowest BCUT2D eigenvalue weighted by molar-refractivity contribution is 0.550. The Balaban J connectivity index is 2.29. The van der Waals surface area contributed by atoms with Crippen molar-refractivity contribution in [3.05, 3.63) is 5.82 Å². The lowest BCUT2D eigenvalue weighted by Gasteiger charge is -2.24. The van der Waals surface area contributed by atoms with E-state index in [-0.39, 0.29) is 0 Å². The molecule has 1 atom stereocenters. The molecule has 0 spiro atoms. The summed E-state index contributed by atoms with van der Waals surface area (Å²) in [5, 5.41) is 9.53. The minimum atomic E-state index is 0.492. The zero-order valence-electron chi connectivity index (χ0n) is 9.53. The maximum atomic E-state index is 4.30. The molecule has 84 valence electrons. The maximum Gasteiger partial charge on any atom is 0.210 e. The minimum Gasteiger partial charge on any atom is -0.319 e. The van der Waals surface area contributed by atoms with Gasteiger partial charge in [0.05, 0.1) is 0 Å². The maximum absolute atomic E-state index is 4.30. The molecule has 5 heteroatoms. The number of aromatic nitrogens is 3. The van der Waals surface area contributed by atoms with Crippen LogP contribution in [0.5, 0.6) is 0 Å². The van der Waals surface area contributed by atoms with Crippen molar-refractivity contribution in [1.82, 2.24) is 14.9 Å². The molecule has 1 aromatic rings. The zero-order valence-corrected chi connectivity index (χ0v) is 10.3. The van der Waals surface area contributed by atoms with Crippen LogP contribution in [0.2, 0.25) is 0 Å². The molecule has 0 saturated heterocycles. The molecule has 0 bridgehead atoms. The summed E-state index contributed by atoms with van der Waals surface area (Å²) < 4.78 is 2.08. The Kier molecular flexibility index (Phi) is 3.19. The van der Waals surface area contributed by atoms with Gasteiger partial charge in [0.25, 0.3) is 0 Å². The van der Waals surface area contributed by atoms with Gasteiger partial charge in [-0.2, -0.15) is 0 Å². The van der Waals surface area contributed by atoms with Gasteiger partial charge in [-0.05, 0) is 19.8 Å². The molecule has 0 amide bonds. The van der Waals surface area contributed by atoms with Crippen LogP contribution in [0.4, 0.5) is 0 Å². The molecular weight excluding hydrogens is 208 g/mol. The molecule has 2 heterocycles. The first-order chi connectivity index (χ1) is 7.26. The van der Waals surface area contributed by atoms with Crippen LogP contribution in [0.15, 0.2) is 5.16 Å². The average molecular weight is 226 g/mol. The SMILES string of the molecule is CCC(CC)c1nnc2n1NC(C)CS2. The normalized spacial score (nSPS) is 20.1. The van der Waals surface area contributed by atoms with E-state index in [1.807, 2.05) is 0 Å². The summed E-state index contributed by atoms with van der Waals surface area (Å²) in [6, 6.07) is 0.492. The summed E-state index contributed by atoms with van der Waals surface area (Å²) in [5.74, 6) is 2.68. The second-order valence-electron chi connectivity index (χ2n) is 4.03. The fourth-order valence-corrected chi connectivity index (χ4v) is 2.72. The topological polar surface area (TPSA) is 42.7 Å². The van der Waals surface area contributed by atoms with Gasteiger partial charge < -0.3 is 5.43 Å². The Labute approximate surface area is 94.8 Å². The average Bonchev–Trinajstić information content (AvgIpc) is 2.64. The van der Waals surface area contributed by atoms with Crippen LogP contribution in [0, 0.1) is 0 Å². The van der Waals surface area contributed by atoms with Crippen molar-refractivity contribution in [2.24, 2.45) is 0 Å². The van der Waals surface area contributed by atoms with E-state index in [1.54, 1.807) is 11.8 Å². The Bertz CT molecular complexity index is 332. The fraction of sp³-hybridized carbons (Fsp3) is 0.800. The molecule has 15 heavy (non-hydrogen) atoms. The van der Waals surface area contributed by atoms with E-state index in [0.29, 0.717) is 12.0 Å². The highest BCUT2D eigenvalue weighted by atomic mass is 32.2. The number of hydrogen-bond acceptors (Lipinski definition) is 4. The van der Waals surface area contributed by atoms with Gasteiger partial charge in [0.15, 0.2) is 5.82 Å². The Hall–Kier alpha value is -0.710. The summed E-state index contributed by atoms with van der Waals surface area (Å²) >= 11 is 1.78. The van der Waals surface area contributed by atoms with Crippen molar-refractivity contribution in [2.75, 3.05) is 11.2 Å². The van der Waals surface area contributed by atoms with E-state index in [0.717, 1.165) is 29.6 Å². The smallest absolute Gasteiger partial charge is 0.210 e. The first-order valence-corrected chi connectivity index (χ1v) is 6.59. The van der Waals surface area contributed by atoms with Gasteiger partial charge >= 0.3 is 0 Å². The van der Waals surface area contributed by atoms with E-state index >= 15 is 0 Å². The lowest BCUT2D eigenvalue weighted by Crippen LogP contribution is -2.33. The molecule has 0 saturated carbocycles. The molecule has 1 aliphatic heterocycles. The Morgan fingerprint density at radius 1 is 1.47 bits per heavy atom. The van der Waals surface area contributed by atoms with E-state index in [1.165, 1.54) is 0 Å². The first-order valence-electron chi connectivity index (χ1n) is 5.60. The summed E-state index contributed by atoms with van der Waals surface area (Å²) in [7, 11) is 0. The number of nitrogens with zero attached hydrogens (tertiary/aromatic N) is 3. The van der Waals surface area contributed by atoms with Crippen molar-refractivity contribution < 1.29 is 0 Å². The van der Waals surface area contributed by atoms with Crippen LogP contribution >= 0.6 is 11.8 Å². The van der Waals surface area contributed by atoms with E-state index in [4.69, 9.17) is 0 Å². The molecule has 1 unspecified atom stereocenters. The van der Waals surface area contributed by atoms with E-state index < -0.39 is 0 Å². The molecule has 1 aromatic heterocycles. The van der Waals surface area contributed by atoms with E-state index in [9.17, 15) is 0 Å². The number of fused-ring (bicyclic) bond motifs is 1. The lowest BCUT2D eigenvalue weighted by atomic mass is 10.0. The van der Waals surface area contributed by atoms with Crippen molar-refractivity contribution in [1.29, 1.82) is 0 Å². The molecule has 1 aliphatic rings. The minimum absolute atomic E-state index is 0.492. The van der Waals surface area contributed by atoms with Crippen LogP contribution < -0.4 is 5.43 Å². The highest BCUT2D eigenvalue weighted by Crippen LogP contribution is 2.27. The van der Waals surface area contributed by atoms with Crippen molar-refractivity contribution in [2.45, 2.75) is 50.7 Å². The van der Waals surface area contributed by atoms with Gasteiger partial charge in [0.2, 0.25) is 5.16 Å². The van der Waals surface area contributed by atoms with Crippen molar-refractivity contribution in [3.63, 3.8) is 0 Å². The van der Waals surface area contributed by atoms with Crippen LogP contribution in [-0.4, -0.2) is 26.7 Å². The number of thioether (sulfide) groups is 1. The van der Waals surface area contributed by atoms with Crippen molar-refractivity contribution in [3.8, 4) is 0 Å². The predicted octanol–water partition coefficient (Wildman–Crippen LogP) is 2.22. The molecule has 0 radical (unpaired) electrons. The summed E-state index contributed by atoms with van der Waals surface area (Å²) in [6.07, 6.45) is 2.24. The molecule has 0 aromatic carbocycles. The highest BCUT2D eigenvalue weighted by molar-refractivity contribution is 7.99. The van der Waals surface area contributed by atoms with Gasteiger partial charge in [-0.1, -0.05) is 25.6 Å². The molecule has 2 rings (SSSR count). The van der Waals surface area contributed by atoms with Crippen LogP contribution in [-0.2, 0) is 0 Å². The number of nitrogens with one attached hydrogen (secondary N) is 1. The molecule has 0 aliphatic carbocycles. The fourth-order valence-electron chi connectivity index (χ4n) is 1.87. The molecular formula is C10H18N4S. The predicted molar refractivity (Wildman–Crippen MR) is 62.9 cm³/mol. The second kappa shape index (κ2) is 4.43. The first kappa shape index (κ1) is 10.8. The molecule has 0 fully saturated rings. The Morgan fingerprint density at radius 2 is 2.20 bits per heavy atom.